The van der Waals surface area contributed by atoms with Crippen LogP contribution in [0.15, 0.2) is 12.1 Å². The minimum absolute atomic E-state index is 0.266. The van der Waals surface area contributed by atoms with Gasteiger partial charge in [0.05, 0.1) is 0 Å². The molecule has 4 heteroatoms. The van der Waals surface area contributed by atoms with Gasteiger partial charge in [0.1, 0.15) is 5.82 Å². The van der Waals surface area contributed by atoms with Gasteiger partial charge in [0.2, 0.25) is 5.82 Å². The molecule has 0 fully saturated rings. The molecule has 1 nitrogen and oxygen atoms in total. The average Bonchev–Trinajstić information content (AvgIpc) is 1.82. The Bertz CT molecular complexity index is 236. The topological polar surface area (TPSA) is 27.6 Å². The predicted octanol–water partition coefficient (Wildman–Crippen LogP) is 0.977. The highest BCUT2D eigenvalue weighted by molar-refractivity contribution is 5.30. The van der Waals surface area contributed by atoms with Crippen molar-refractivity contribution in [3.8, 4) is 0 Å². The molecule has 0 aliphatic heterocycles. The number of quaternary nitrogens is 1. The van der Waals surface area contributed by atoms with Crippen molar-refractivity contribution in [1.82, 2.24) is 0 Å². The first-order valence-electron chi connectivity index (χ1n) is 2.58. The third kappa shape index (κ3) is 1.11. The van der Waals surface area contributed by atoms with E-state index >= 15 is 0 Å². The molecule has 1 aromatic rings. The first-order valence-corrected chi connectivity index (χ1v) is 2.58. The number of rotatable bonds is 0. The molecule has 0 bridgehead atoms. The highest BCUT2D eigenvalue weighted by atomic mass is 19.2. The van der Waals surface area contributed by atoms with Crippen molar-refractivity contribution in [2.24, 2.45) is 0 Å². The minimum atomic E-state index is -1.20. The van der Waals surface area contributed by atoms with Crippen LogP contribution in [0.3, 0.4) is 0 Å². The smallest absolute Gasteiger partial charge is 0.219 e. The van der Waals surface area contributed by atoms with Crippen LogP contribution in [0, 0.1) is 17.5 Å². The first kappa shape index (κ1) is 7.08. The van der Waals surface area contributed by atoms with Crippen molar-refractivity contribution in [3.63, 3.8) is 0 Å². The number of halogens is 3. The van der Waals surface area contributed by atoms with E-state index in [9.17, 15) is 13.2 Å². The molecular weight excluding hydrogens is 143 g/mol. The zero-order chi connectivity index (χ0) is 7.72. The molecule has 10 heavy (non-hydrogen) atoms. The first-order chi connectivity index (χ1) is 4.61. The van der Waals surface area contributed by atoms with Gasteiger partial charge >= 0.3 is 0 Å². The van der Waals surface area contributed by atoms with Crippen molar-refractivity contribution in [3.05, 3.63) is 29.6 Å². The molecule has 0 amide bonds. The van der Waals surface area contributed by atoms with Crippen LogP contribution in [0.2, 0.25) is 0 Å². The van der Waals surface area contributed by atoms with Crippen LogP contribution in [0.4, 0.5) is 18.9 Å². The molecule has 1 rings (SSSR count). The van der Waals surface area contributed by atoms with Gasteiger partial charge < -0.3 is 5.73 Å². The normalized spacial score (nSPS) is 10.0. The lowest BCUT2D eigenvalue weighted by Gasteiger charge is -1.92. The van der Waals surface area contributed by atoms with E-state index in [2.05, 4.69) is 5.73 Å². The second-order valence-corrected chi connectivity index (χ2v) is 1.86. The van der Waals surface area contributed by atoms with Gasteiger partial charge in [-0.2, -0.15) is 4.39 Å². The Morgan fingerprint density at radius 3 is 2.20 bits per heavy atom. The van der Waals surface area contributed by atoms with E-state index in [0.29, 0.717) is 6.07 Å². The zero-order valence-electron chi connectivity index (χ0n) is 5.00. The van der Waals surface area contributed by atoms with Crippen LogP contribution in [0.5, 0.6) is 0 Å². The quantitative estimate of drug-likeness (QED) is 0.531. The maximum atomic E-state index is 12.3. The summed E-state index contributed by atoms with van der Waals surface area (Å²) in [7, 11) is 0. The molecule has 0 atom stereocenters. The fourth-order valence-electron chi connectivity index (χ4n) is 0.609. The van der Waals surface area contributed by atoms with Crippen LogP contribution < -0.4 is 5.73 Å². The van der Waals surface area contributed by atoms with Gasteiger partial charge in [0.25, 0.3) is 0 Å². The Hall–Kier alpha value is -1.03. The third-order valence-electron chi connectivity index (χ3n) is 1.07. The third-order valence-corrected chi connectivity index (χ3v) is 1.07. The predicted molar refractivity (Wildman–Crippen MR) is 28.9 cm³/mol. The molecule has 54 valence electrons. The van der Waals surface area contributed by atoms with Gasteiger partial charge in [-0.25, -0.2) is 8.78 Å². The Morgan fingerprint density at radius 1 is 1.10 bits per heavy atom. The van der Waals surface area contributed by atoms with Crippen molar-refractivity contribution >= 4 is 5.69 Å². The summed E-state index contributed by atoms with van der Waals surface area (Å²) in [4.78, 5) is 0. The van der Waals surface area contributed by atoms with E-state index in [4.69, 9.17) is 0 Å². The largest absolute Gasteiger partial charge is 0.323 e. The van der Waals surface area contributed by atoms with Crippen LogP contribution in [0.1, 0.15) is 0 Å². The van der Waals surface area contributed by atoms with E-state index in [0.717, 1.165) is 6.07 Å². The molecule has 0 aliphatic carbocycles. The van der Waals surface area contributed by atoms with Gasteiger partial charge in [0, 0.05) is 12.1 Å². The van der Waals surface area contributed by atoms with Crippen LogP contribution >= 0.6 is 0 Å². The van der Waals surface area contributed by atoms with Crippen LogP contribution in [-0.2, 0) is 0 Å². The summed E-state index contributed by atoms with van der Waals surface area (Å²) in [5.41, 5.74) is 2.82. The molecule has 0 spiro atoms. The Labute approximate surface area is 55.3 Å². The second kappa shape index (κ2) is 2.30. The Balaban J connectivity index is 3.31. The van der Waals surface area contributed by atoms with Gasteiger partial charge in [-0.1, -0.05) is 0 Å². The number of benzene rings is 1. The summed E-state index contributed by atoms with van der Waals surface area (Å²) in [5.74, 6) is -3.12. The van der Waals surface area contributed by atoms with Crippen LogP contribution in [-0.4, -0.2) is 0 Å². The fourth-order valence-corrected chi connectivity index (χ4v) is 0.609. The van der Waals surface area contributed by atoms with Crippen molar-refractivity contribution in [2.45, 2.75) is 0 Å². The van der Waals surface area contributed by atoms with Crippen molar-refractivity contribution in [1.29, 1.82) is 0 Å². The molecule has 0 aromatic heterocycles. The molecule has 0 saturated heterocycles. The summed E-state index contributed by atoms with van der Waals surface area (Å²) in [6.07, 6.45) is 0. The SMILES string of the molecule is [NH3+]c1cc(F)cc(F)c1F. The van der Waals surface area contributed by atoms with Crippen LogP contribution in [0.25, 0.3) is 0 Å². The van der Waals surface area contributed by atoms with Crippen molar-refractivity contribution < 1.29 is 18.9 Å². The summed E-state index contributed by atoms with van der Waals surface area (Å²) in [6, 6.07) is 1.31. The monoisotopic (exact) mass is 148 g/mol. The molecular formula is C6H5F3N+. The molecule has 0 heterocycles. The van der Waals surface area contributed by atoms with Gasteiger partial charge in [-0.05, 0) is 0 Å². The van der Waals surface area contributed by atoms with E-state index in [1.54, 1.807) is 0 Å². The second-order valence-electron chi connectivity index (χ2n) is 1.86. The standard InChI is InChI=1S/C6H4F3N/c7-3-1-4(8)6(9)5(10)2-3/h1-2H,10H2/p+1. The zero-order valence-corrected chi connectivity index (χ0v) is 5.00. The van der Waals surface area contributed by atoms with Gasteiger partial charge in [-0.15, -0.1) is 0 Å². The highest BCUT2D eigenvalue weighted by Crippen LogP contribution is 2.13. The summed E-state index contributed by atoms with van der Waals surface area (Å²) < 4.78 is 36.7. The Morgan fingerprint density at radius 2 is 1.70 bits per heavy atom. The summed E-state index contributed by atoms with van der Waals surface area (Å²) in [5, 5.41) is 0. The van der Waals surface area contributed by atoms with E-state index in [1.807, 2.05) is 0 Å². The highest BCUT2D eigenvalue weighted by Gasteiger charge is 2.09. The lowest BCUT2D eigenvalue weighted by molar-refractivity contribution is -0.259. The lowest BCUT2D eigenvalue weighted by Crippen LogP contribution is -2.41. The molecule has 0 saturated carbocycles. The van der Waals surface area contributed by atoms with Gasteiger partial charge in [-0.3, -0.25) is 0 Å². The minimum Gasteiger partial charge on any atom is -0.323 e. The molecule has 0 radical (unpaired) electrons. The summed E-state index contributed by atoms with van der Waals surface area (Å²) >= 11 is 0. The molecule has 0 unspecified atom stereocenters. The molecule has 0 aliphatic rings. The van der Waals surface area contributed by atoms with E-state index < -0.39 is 17.5 Å². The van der Waals surface area contributed by atoms with Gasteiger partial charge in [0.15, 0.2) is 11.5 Å². The Kier molecular flexibility index (Phi) is 1.63. The number of hydrogen-bond donors (Lipinski definition) is 1. The van der Waals surface area contributed by atoms with E-state index in [1.165, 1.54) is 0 Å². The number of hydrogen-bond acceptors (Lipinski definition) is 0. The van der Waals surface area contributed by atoms with Crippen molar-refractivity contribution in [2.75, 3.05) is 0 Å². The summed E-state index contributed by atoms with van der Waals surface area (Å²) in [6.45, 7) is 0. The average molecular weight is 148 g/mol. The molecule has 3 N–H and O–H groups in total. The molecule has 1 aromatic carbocycles. The maximum Gasteiger partial charge on any atom is 0.219 e. The lowest BCUT2D eigenvalue weighted by atomic mass is 10.3. The maximum absolute atomic E-state index is 12.3. The van der Waals surface area contributed by atoms with E-state index in [-0.39, 0.29) is 5.69 Å². The fraction of sp³-hybridized carbons (Fsp3) is 0.